The number of nitrogens with zero attached hydrogens (tertiary/aromatic N) is 3. The van der Waals surface area contributed by atoms with Gasteiger partial charge in [0.05, 0.1) is 5.56 Å². The Morgan fingerprint density at radius 3 is 2.20 bits per heavy atom. The number of hydrogen-bond donors (Lipinski definition) is 1. The lowest BCUT2D eigenvalue weighted by Crippen LogP contribution is -2.20. The minimum absolute atomic E-state index is 0. The molecule has 1 aliphatic heterocycles. The highest BCUT2D eigenvalue weighted by Gasteiger charge is 2.22. The number of halogens is 2. The third-order valence-electron chi connectivity index (χ3n) is 6.89. The molecule has 8 heteroatoms. The average molecular weight is 557 g/mol. The van der Waals surface area contributed by atoms with Crippen LogP contribution in [0.5, 0.6) is 11.8 Å². The van der Waals surface area contributed by atoms with Crippen molar-refractivity contribution in [1.29, 1.82) is 0 Å². The topological polar surface area (TPSA) is 61.2 Å². The van der Waals surface area contributed by atoms with Crippen LogP contribution in [0.25, 0.3) is 27.7 Å². The van der Waals surface area contributed by atoms with Crippen LogP contribution in [0.2, 0.25) is 0 Å². The molecule has 0 radical (unpaired) electrons. The molecule has 40 heavy (non-hydrogen) atoms. The van der Waals surface area contributed by atoms with E-state index in [1.807, 2.05) is 78.9 Å². The first kappa shape index (κ1) is 27.4. The van der Waals surface area contributed by atoms with E-state index in [-0.39, 0.29) is 18.2 Å². The molecule has 5 aromatic rings. The lowest BCUT2D eigenvalue weighted by molar-refractivity contribution is 0.268. The highest BCUT2D eigenvalue weighted by molar-refractivity contribution is 5.96. The highest BCUT2D eigenvalue weighted by Crippen LogP contribution is 2.37. The van der Waals surface area contributed by atoms with E-state index >= 15 is 4.39 Å². The van der Waals surface area contributed by atoms with Gasteiger partial charge in [0.1, 0.15) is 24.4 Å². The number of nitrogens with one attached hydrogen (secondary N) is 1. The van der Waals surface area contributed by atoms with Crippen LogP contribution in [0.15, 0.2) is 91.0 Å². The molecule has 0 unspecified atom stereocenters. The van der Waals surface area contributed by atoms with Crippen molar-refractivity contribution in [1.82, 2.24) is 20.1 Å². The van der Waals surface area contributed by atoms with Crippen LogP contribution >= 0.6 is 12.4 Å². The van der Waals surface area contributed by atoms with Crippen LogP contribution in [0.3, 0.4) is 0 Å². The van der Waals surface area contributed by atoms with E-state index in [4.69, 9.17) is 19.6 Å². The summed E-state index contributed by atoms with van der Waals surface area (Å²) >= 11 is 0. The lowest BCUT2D eigenvalue weighted by atomic mass is 9.97. The number of aryl methyl sites for hydroxylation is 1. The predicted molar refractivity (Wildman–Crippen MR) is 158 cm³/mol. The number of aromatic nitrogens is 3. The standard InChI is InChI=1S/C32H29FN4O2.ClH/c1-37-31-26(13-12-25(29(31)33)24-16-18-34-19-17-24)30(36-37)27-14-15-28(38-20-22-8-4-2-5-9-22)35-32(27)39-21-23-10-6-3-7-11-23;/h2-16,34H,17-21H2,1H3;1H. The van der Waals surface area contributed by atoms with Crippen molar-refractivity contribution in [3.05, 3.63) is 114 Å². The third-order valence-corrected chi connectivity index (χ3v) is 6.89. The fourth-order valence-corrected chi connectivity index (χ4v) is 4.89. The highest BCUT2D eigenvalue weighted by atomic mass is 35.5. The Kier molecular flexibility index (Phi) is 8.43. The van der Waals surface area contributed by atoms with Crippen molar-refractivity contribution in [2.75, 3.05) is 13.1 Å². The van der Waals surface area contributed by atoms with E-state index in [1.165, 1.54) is 0 Å². The molecule has 0 fully saturated rings. The zero-order valence-corrected chi connectivity index (χ0v) is 23.0. The average Bonchev–Trinajstić information content (AvgIpc) is 3.33. The SMILES string of the molecule is Cl.Cn1nc(-c2ccc(OCc3ccccc3)nc2OCc2ccccc2)c2ccc(C3=CCNCC3)c(F)c21. The van der Waals surface area contributed by atoms with Gasteiger partial charge in [-0.2, -0.15) is 10.1 Å². The van der Waals surface area contributed by atoms with Crippen LogP contribution in [-0.4, -0.2) is 27.9 Å². The molecule has 0 saturated carbocycles. The first-order valence-corrected chi connectivity index (χ1v) is 13.1. The van der Waals surface area contributed by atoms with Gasteiger partial charge in [0.15, 0.2) is 5.82 Å². The van der Waals surface area contributed by atoms with E-state index in [1.54, 1.807) is 17.8 Å². The van der Waals surface area contributed by atoms with Crippen LogP contribution in [0.4, 0.5) is 4.39 Å². The van der Waals surface area contributed by atoms with E-state index in [0.29, 0.717) is 52.7 Å². The number of hydrogen-bond acceptors (Lipinski definition) is 5. The zero-order chi connectivity index (χ0) is 26.6. The summed E-state index contributed by atoms with van der Waals surface area (Å²) in [5, 5.41) is 8.72. The van der Waals surface area contributed by atoms with Crippen molar-refractivity contribution in [3.63, 3.8) is 0 Å². The summed E-state index contributed by atoms with van der Waals surface area (Å²) in [6, 6.07) is 27.3. The molecule has 1 aliphatic rings. The summed E-state index contributed by atoms with van der Waals surface area (Å²) in [6.07, 6.45) is 2.84. The van der Waals surface area contributed by atoms with Gasteiger partial charge in [-0.05, 0) is 41.8 Å². The van der Waals surface area contributed by atoms with Gasteiger partial charge in [0.2, 0.25) is 11.8 Å². The number of rotatable bonds is 8. The third kappa shape index (κ3) is 5.71. The van der Waals surface area contributed by atoms with Crippen LogP contribution in [-0.2, 0) is 20.3 Å². The van der Waals surface area contributed by atoms with Gasteiger partial charge in [-0.15, -0.1) is 12.4 Å². The molecular weight excluding hydrogens is 527 g/mol. The summed E-state index contributed by atoms with van der Waals surface area (Å²) in [5.74, 6) is 0.566. The molecule has 2 aromatic heterocycles. The Bertz CT molecular complexity index is 1640. The monoisotopic (exact) mass is 556 g/mol. The number of pyridine rings is 1. The quantitative estimate of drug-likeness (QED) is 0.230. The maximum Gasteiger partial charge on any atom is 0.226 e. The molecule has 6 rings (SSSR count). The van der Waals surface area contributed by atoms with Crippen LogP contribution in [0, 0.1) is 5.82 Å². The minimum Gasteiger partial charge on any atom is -0.473 e. The Morgan fingerprint density at radius 2 is 1.52 bits per heavy atom. The molecule has 0 amide bonds. The molecule has 3 aromatic carbocycles. The van der Waals surface area contributed by atoms with Gasteiger partial charge >= 0.3 is 0 Å². The van der Waals surface area contributed by atoms with Gasteiger partial charge in [-0.25, -0.2) is 4.39 Å². The Morgan fingerprint density at radius 1 is 0.850 bits per heavy atom. The van der Waals surface area contributed by atoms with E-state index in [2.05, 4.69) is 11.4 Å². The van der Waals surface area contributed by atoms with Gasteiger partial charge in [0.25, 0.3) is 0 Å². The smallest absolute Gasteiger partial charge is 0.226 e. The van der Waals surface area contributed by atoms with Crippen molar-refractivity contribution in [3.8, 4) is 23.0 Å². The van der Waals surface area contributed by atoms with E-state index < -0.39 is 0 Å². The second-order valence-electron chi connectivity index (χ2n) is 9.53. The maximum atomic E-state index is 15.9. The molecule has 1 N–H and O–H groups in total. The maximum absolute atomic E-state index is 15.9. The molecule has 0 spiro atoms. The lowest BCUT2D eigenvalue weighted by Gasteiger charge is -2.15. The first-order chi connectivity index (χ1) is 19.2. The molecule has 0 bridgehead atoms. The minimum atomic E-state index is -0.260. The number of fused-ring (bicyclic) bond motifs is 1. The molecule has 3 heterocycles. The summed E-state index contributed by atoms with van der Waals surface area (Å²) < 4.78 is 29.7. The number of benzene rings is 3. The van der Waals surface area contributed by atoms with Crippen LogP contribution in [0.1, 0.15) is 23.1 Å². The summed E-state index contributed by atoms with van der Waals surface area (Å²) in [7, 11) is 1.77. The Labute approximate surface area is 238 Å². The molecule has 204 valence electrons. The van der Waals surface area contributed by atoms with E-state index in [0.717, 1.165) is 36.2 Å². The van der Waals surface area contributed by atoms with Gasteiger partial charge in [-0.1, -0.05) is 72.8 Å². The summed E-state index contributed by atoms with van der Waals surface area (Å²) in [4.78, 5) is 4.71. The van der Waals surface area contributed by atoms with Crippen molar-refractivity contribution in [2.45, 2.75) is 19.6 Å². The largest absolute Gasteiger partial charge is 0.473 e. The Balaban J connectivity index is 0.00000323. The zero-order valence-electron chi connectivity index (χ0n) is 22.1. The molecule has 0 atom stereocenters. The first-order valence-electron chi connectivity index (χ1n) is 13.1. The molecule has 0 aliphatic carbocycles. The number of ether oxygens (including phenoxy) is 2. The van der Waals surface area contributed by atoms with E-state index in [9.17, 15) is 0 Å². The van der Waals surface area contributed by atoms with Gasteiger partial charge in [-0.3, -0.25) is 4.68 Å². The molecule has 6 nitrogen and oxygen atoms in total. The van der Waals surface area contributed by atoms with Gasteiger partial charge < -0.3 is 14.8 Å². The van der Waals surface area contributed by atoms with Crippen molar-refractivity contribution < 1.29 is 13.9 Å². The summed E-state index contributed by atoms with van der Waals surface area (Å²) in [5.41, 5.74) is 5.45. The molecule has 0 saturated heterocycles. The fraction of sp³-hybridized carbons (Fsp3) is 0.188. The Hall–Kier alpha value is -4.20. The van der Waals surface area contributed by atoms with Crippen molar-refractivity contribution >= 4 is 28.9 Å². The fourth-order valence-electron chi connectivity index (χ4n) is 4.89. The normalized spacial score (nSPS) is 13.0. The van der Waals surface area contributed by atoms with Crippen LogP contribution < -0.4 is 14.8 Å². The van der Waals surface area contributed by atoms with Gasteiger partial charge in [0, 0.05) is 30.6 Å². The summed E-state index contributed by atoms with van der Waals surface area (Å²) in [6.45, 7) is 2.30. The molecular formula is C32H30ClFN4O2. The second kappa shape index (κ2) is 12.3. The predicted octanol–water partition coefficient (Wildman–Crippen LogP) is 6.73. The second-order valence-corrected chi connectivity index (χ2v) is 9.53. The van der Waals surface area contributed by atoms with Crippen molar-refractivity contribution in [2.24, 2.45) is 7.05 Å².